The van der Waals surface area contributed by atoms with Gasteiger partial charge in [0.15, 0.2) is 0 Å². The number of aryl methyl sites for hydroxylation is 2. The molecule has 0 aliphatic carbocycles. The maximum atomic E-state index is 4.59. The first kappa shape index (κ1) is 13.4. The van der Waals surface area contributed by atoms with Crippen molar-refractivity contribution in [1.82, 2.24) is 4.98 Å². The standard InChI is InChI=1S/C17H12BrNS2/c1-9-14-10(2)16(18)21-17(14)20-15(9)12-7-11-5-3-4-6-13(11)19-8-12/h3-8H,1-2H3. The van der Waals surface area contributed by atoms with Crippen molar-refractivity contribution in [2.45, 2.75) is 13.8 Å². The van der Waals surface area contributed by atoms with Crippen LogP contribution in [0.4, 0.5) is 0 Å². The molecule has 4 heteroatoms. The summed E-state index contributed by atoms with van der Waals surface area (Å²) >= 11 is 7.34. The zero-order chi connectivity index (χ0) is 14.6. The predicted octanol–water partition coefficient (Wildman–Crippen LogP) is 6.56. The van der Waals surface area contributed by atoms with Crippen molar-refractivity contribution in [3.8, 4) is 10.4 Å². The summed E-state index contributed by atoms with van der Waals surface area (Å²) in [6.07, 6.45) is 2.00. The smallest absolute Gasteiger partial charge is 0.0889 e. The van der Waals surface area contributed by atoms with Gasteiger partial charge in [-0.25, -0.2) is 0 Å². The second kappa shape index (κ2) is 4.90. The fraction of sp³-hybridized carbons (Fsp3) is 0.118. The lowest BCUT2D eigenvalue weighted by Gasteiger charge is -2.03. The van der Waals surface area contributed by atoms with Crippen LogP contribution in [0.5, 0.6) is 0 Å². The Bertz CT molecular complexity index is 981. The van der Waals surface area contributed by atoms with Crippen LogP contribution in [0.15, 0.2) is 40.3 Å². The van der Waals surface area contributed by atoms with Gasteiger partial charge in [0.2, 0.25) is 0 Å². The normalized spacial score (nSPS) is 11.6. The van der Waals surface area contributed by atoms with E-state index in [0.717, 1.165) is 5.52 Å². The lowest BCUT2D eigenvalue weighted by molar-refractivity contribution is 1.41. The molecule has 4 aromatic rings. The highest BCUT2D eigenvalue weighted by molar-refractivity contribution is 9.11. The number of hydrogen-bond acceptors (Lipinski definition) is 3. The first-order valence-electron chi connectivity index (χ1n) is 6.68. The number of thiophene rings is 2. The molecule has 3 aromatic heterocycles. The SMILES string of the molecule is Cc1c(Br)sc2sc(-c3cnc4ccccc4c3)c(C)c12. The number of nitrogens with zero attached hydrogens (tertiary/aromatic N) is 1. The van der Waals surface area contributed by atoms with Gasteiger partial charge in [-0.3, -0.25) is 4.98 Å². The molecule has 0 saturated heterocycles. The molecule has 0 unspecified atom stereocenters. The number of para-hydroxylation sites is 1. The number of fused-ring (bicyclic) bond motifs is 2. The second-order valence-corrected chi connectivity index (χ2v) is 8.75. The fourth-order valence-corrected chi connectivity index (χ4v) is 6.30. The van der Waals surface area contributed by atoms with Gasteiger partial charge in [0.1, 0.15) is 0 Å². The van der Waals surface area contributed by atoms with Crippen LogP contribution in [0, 0.1) is 13.8 Å². The summed E-state index contributed by atoms with van der Waals surface area (Å²) in [4.78, 5) is 5.93. The minimum absolute atomic E-state index is 1.05. The Balaban J connectivity index is 1.97. The lowest BCUT2D eigenvalue weighted by Crippen LogP contribution is -1.82. The van der Waals surface area contributed by atoms with Crippen molar-refractivity contribution in [2.24, 2.45) is 0 Å². The van der Waals surface area contributed by atoms with Crippen molar-refractivity contribution in [1.29, 1.82) is 0 Å². The van der Waals surface area contributed by atoms with Crippen LogP contribution in [-0.2, 0) is 0 Å². The van der Waals surface area contributed by atoms with Crippen LogP contribution >= 0.6 is 38.6 Å². The van der Waals surface area contributed by atoms with Gasteiger partial charge < -0.3 is 0 Å². The van der Waals surface area contributed by atoms with Gasteiger partial charge in [-0.05, 0) is 53.0 Å². The monoisotopic (exact) mass is 373 g/mol. The van der Waals surface area contributed by atoms with Crippen LogP contribution in [-0.4, -0.2) is 4.98 Å². The minimum atomic E-state index is 1.05. The molecule has 0 N–H and O–H groups in total. The maximum Gasteiger partial charge on any atom is 0.0889 e. The summed E-state index contributed by atoms with van der Waals surface area (Å²) in [5.41, 5.74) is 4.99. The topological polar surface area (TPSA) is 12.9 Å². The molecule has 0 saturated carbocycles. The van der Waals surface area contributed by atoms with Gasteiger partial charge in [0.25, 0.3) is 0 Å². The Morgan fingerprint density at radius 1 is 1.05 bits per heavy atom. The molecule has 0 aliphatic rings. The van der Waals surface area contributed by atoms with Gasteiger partial charge in [-0.1, -0.05) is 18.2 Å². The minimum Gasteiger partial charge on any atom is -0.256 e. The predicted molar refractivity (Wildman–Crippen MR) is 97.6 cm³/mol. The van der Waals surface area contributed by atoms with E-state index in [1.165, 1.54) is 40.1 Å². The lowest BCUT2D eigenvalue weighted by atomic mass is 10.1. The van der Waals surface area contributed by atoms with E-state index in [1.807, 2.05) is 34.9 Å². The van der Waals surface area contributed by atoms with Gasteiger partial charge in [0, 0.05) is 27.4 Å². The summed E-state index contributed by atoms with van der Waals surface area (Å²) in [7, 11) is 0. The summed E-state index contributed by atoms with van der Waals surface area (Å²) in [5.74, 6) is 0. The van der Waals surface area contributed by atoms with E-state index < -0.39 is 0 Å². The summed E-state index contributed by atoms with van der Waals surface area (Å²) in [5, 5.41) is 2.60. The Kier molecular flexibility index (Phi) is 3.14. The van der Waals surface area contributed by atoms with Gasteiger partial charge in [0.05, 0.1) is 13.3 Å². The van der Waals surface area contributed by atoms with Crippen LogP contribution in [0.2, 0.25) is 0 Å². The Hall–Kier alpha value is -1.23. The third-order valence-corrected chi connectivity index (χ3v) is 7.41. The molecular weight excluding hydrogens is 362 g/mol. The molecule has 0 amide bonds. The Labute approximate surface area is 139 Å². The van der Waals surface area contributed by atoms with E-state index in [2.05, 4.69) is 59.0 Å². The molecular formula is C17H12BrNS2. The van der Waals surface area contributed by atoms with Crippen molar-refractivity contribution < 1.29 is 0 Å². The number of rotatable bonds is 1. The van der Waals surface area contributed by atoms with Gasteiger partial charge in [-0.15, -0.1) is 22.7 Å². The van der Waals surface area contributed by atoms with Crippen molar-refractivity contribution >= 4 is 58.9 Å². The molecule has 0 bridgehead atoms. The maximum absolute atomic E-state index is 4.59. The first-order chi connectivity index (χ1) is 10.1. The zero-order valence-corrected chi connectivity index (χ0v) is 14.8. The number of hydrogen-bond donors (Lipinski definition) is 0. The van der Waals surface area contributed by atoms with Crippen molar-refractivity contribution in [2.75, 3.05) is 0 Å². The molecule has 0 spiro atoms. The molecule has 1 aromatic carbocycles. The number of pyridine rings is 1. The van der Waals surface area contributed by atoms with E-state index in [1.54, 1.807) is 0 Å². The number of benzene rings is 1. The highest BCUT2D eigenvalue weighted by Gasteiger charge is 2.16. The average Bonchev–Trinajstić information content (AvgIpc) is 2.96. The largest absolute Gasteiger partial charge is 0.256 e. The second-order valence-electron chi connectivity index (χ2n) is 5.14. The van der Waals surface area contributed by atoms with Crippen molar-refractivity contribution in [3.63, 3.8) is 0 Å². The van der Waals surface area contributed by atoms with Gasteiger partial charge in [-0.2, -0.15) is 0 Å². The summed E-state index contributed by atoms with van der Waals surface area (Å²) in [6, 6.07) is 10.5. The molecule has 104 valence electrons. The Morgan fingerprint density at radius 3 is 2.67 bits per heavy atom. The van der Waals surface area contributed by atoms with Crippen LogP contribution < -0.4 is 0 Å². The zero-order valence-electron chi connectivity index (χ0n) is 11.6. The fourth-order valence-electron chi connectivity index (χ4n) is 2.72. The summed E-state index contributed by atoms with van der Waals surface area (Å²) < 4.78 is 2.63. The summed E-state index contributed by atoms with van der Waals surface area (Å²) in [6.45, 7) is 4.40. The third kappa shape index (κ3) is 2.05. The molecule has 1 nitrogen and oxygen atoms in total. The van der Waals surface area contributed by atoms with E-state index in [0.29, 0.717) is 0 Å². The van der Waals surface area contributed by atoms with E-state index in [-0.39, 0.29) is 0 Å². The van der Waals surface area contributed by atoms with Crippen molar-refractivity contribution in [3.05, 3.63) is 51.4 Å². The molecule has 21 heavy (non-hydrogen) atoms. The Morgan fingerprint density at radius 2 is 1.86 bits per heavy atom. The molecule has 0 aliphatic heterocycles. The molecule has 0 radical (unpaired) electrons. The van der Waals surface area contributed by atoms with Crippen LogP contribution in [0.1, 0.15) is 11.1 Å². The quantitative estimate of drug-likeness (QED) is 0.368. The molecule has 3 heterocycles. The molecule has 4 rings (SSSR count). The number of aromatic nitrogens is 1. The van der Waals surface area contributed by atoms with E-state index in [9.17, 15) is 0 Å². The van der Waals surface area contributed by atoms with Crippen LogP contribution in [0.3, 0.4) is 0 Å². The van der Waals surface area contributed by atoms with Gasteiger partial charge >= 0.3 is 0 Å². The average molecular weight is 374 g/mol. The first-order valence-corrected chi connectivity index (χ1v) is 9.11. The highest BCUT2D eigenvalue weighted by atomic mass is 79.9. The molecule has 0 fully saturated rings. The van der Waals surface area contributed by atoms with E-state index in [4.69, 9.17) is 0 Å². The number of halogens is 1. The van der Waals surface area contributed by atoms with E-state index >= 15 is 0 Å². The highest BCUT2D eigenvalue weighted by Crippen LogP contribution is 2.46. The third-order valence-electron chi connectivity index (χ3n) is 3.82. The molecule has 0 atom stereocenters. The van der Waals surface area contributed by atoms with Crippen LogP contribution in [0.25, 0.3) is 30.7 Å².